The van der Waals surface area contributed by atoms with Gasteiger partial charge in [0.15, 0.2) is 0 Å². The summed E-state index contributed by atoms with van der Waals surface area (Å²) in [6.45, 7) is 7.79. The molecule has 3 amide bonds. The molecule has 0 aromatic heterocycles. The standard InChI is InChI=1S/C21H29N3O2/c1-3-14-24-19(25)11-7-12-21(24)13-8-15-23(16-21)20(26)22-18-10-6-5-9-17(18)4-2/h3,5-6,9-10H,1,4,7-8,11-16H2,2H3,(H,22,26)/t21-/m0/s1. The van der Waals surface area contributed by atoms with E-state index in [1.807, 2.05) is 34.1 Å². The van der Waals surface area contributed by atoms with Crippen LogP contribution in [0.4, 0.5) is 10.5 Å². The maximum absolute atomic E-state index is 12.9. The van der Waals surface area contributed by atoms with Crippen molar-refractivity contribution < 1.29 is 9.59 Å². The van der Waals surface area contributed by atoms with Gasteiger partial charge in [-0.1, -0.05) is 31.2 Å². The van der Waals surface area contributed by atoms with Crippen LogP contribution in [0.1, 0.15) is 44.6 Å². The second kappa shape index (κ2) is 7.94. The van der Waals surface area contributed by atoms with Crippen LogP contribution in [0, 0.1) is 0 Å². The molecule has 0 bridgehead atoms. The van der Waals surface area contributed by atoms with Gasteiger partial charge in [0.1, 0.15) is 0 Å². The van der Waals surface area contributed by atoms with Gasteiger partial charge in [-0.3, -0.25) is 4.79 Å². The Kier molecular flexibility index (Phi) is 5.64. The highest BCUT2D eigenvalue weighted by Crippen LogP contribution is 2.37. The van der Waals surface area contributed by atoms with E-state index in [0.717, 1.165) is 49.9 Å². The molecule has 0 saturated carbocycles. The normalized spacial score (nSPS) is 23.2. The number of benzene rings is 1. The van der Waals surface area contributed by atoms with E-state index >= 15 is 0 Å². The predicted molar refractivity (Wildman–Crippen MR) is 104 cm³/mol. The number of likely N-dealkylation sites (tertiary alicyclic amines) is 2. The summed E-state index contributed by atoms with van der Waals surface area (Å²) in [5.74, 6) is 0.190. The minimum atomic E-state index is -0.233. The Morgan fingerprint density at radius 3 is 2.85 bits per heavy atom. The molecule has 140 valence electrons. The average Bonchev–Trinajstić information content (AvgIpc) is 2.65. The maximum atomic E-state index is 12.9. The van der Waals surface area contributed by atoms with Crippen LogP contribution in [0.25, 0.3) is 0 Å². The van der Waals surface area contributed by atoms with Crippen LogP contribution < -0.4 is 5.32 Å². The zero-order valence-electron chi connectivity index (χ0n) is 15.7. The molecular formula is C21H29N3O2. The zero-order valence-corrected chi connectivity index (χ0v) is 15.7. The number of nitrogens with zero attached hydrogens (tertiary/aromatic N) is 2. The lowest BCUT2D eigenvalue weighted by atomic mass is 9.79. The first kappa shape index (κ1) is 18.5. The summed E-state index contributed by atoms with van der Waals surface area (Å²) in [5, 5.41) is 3.07. The molecule has 1 aromatic rings. The van der Waals surface area contributed by atoms with Crippen LogP contribution in [0.3, 0.4) is 0 Å². The van der Waals surface area contributed by atoms with Crippen LogP contribution >= 0.6 is 0 Å². The molecule has 1 N–H and O–H groups in total. The number of amides is 3. The second-order valence-corrected chi connectivity index (χ2v) is 7.34. The van der Waals surface area contributed by atoms with Gasteiger partial charge in [-0.2, -0.15) is 0 Å². The number of urea groups is 1. The van der Waals surface area contributed by atoms with Gasteiger partial charge >= 0.3 is 6.03 Å². The summed E-state index contributed by atoms with van der Waals surface area (Å²) in [4.78, 5) is 29.2. The predicted octanol–water partition coefficient (Wildman–Crippen LogP) is 3.81. The van der Waals surface area contributed by atoms with Crippen LogP contribution in [0.5, 0.6) is 0 Å². The third kappa shape index (κ3) is 3.62. The summed E-state index contributed by atoms with van der Waals surface area (Å²) in [7, 11) is 0. The van der Waals surface area contributed by atoms with Gasteiger partial charge in [-0.15, -0.1) is 6.58 Å². The lowest BCUT2D eigenvalue weighted by molar-refractivity contribution is -0.143. The van der Waals surface area contributed by atoms with E-state index in [-0.39, 0.29) is 17.5 Å². The molecule has 2 aliphatic rings. The quantitative estimate of drug-likeness (QED) is 0.835. The number of rotatable bonds is 4. The Morgan fingerprint density at radius 1 is 1.31 bits per heavy atom. The largest absolute Gasteiger partial charge is 0.332 e. The van der Waals surface area contributed by atoms with Gasteiger partial charge in [-0.25, -0.2) is 4.79 Å². The van der Waals surface area contributed by atoms with Gasteiger partial charge in [0.05, 0.1) is 5.54 Å². The minimum absolute atomic E-state index is 0.0680. The number of anilines is 1. The smallest absolute Gasteiger partial charge is 0.321 e. The number of hydrogen-bond acceptors (Lipinski definition) is 2. The molecule has 0 unspecified atom stereocenters. The minimum Gasteiger partial charge on any atom is -0.332 e. The van der Waals surface area contributed by atoms with Gasteiger partial charge in [-0.05, 0) is 43.7 Å². The number of hydrogen-bond donors (Lipinski definition) is 1. The first-order valence-electron chi connectivity index (χ1n) is 9.65. The van der Waals surface area contributed by atoms with Crippen LogP contribution in [0.15, 0.2) is 36.9 Å². The van der Waals surface area contributed by atoms with E-state index in [1.54, 1.807) is 6.08 Å². The molecule has 1 aromatic carbocycles. The molecule has 2 aliphatic heterocycles. The maximum Gasteiger partial charge on any atom is 0.321 e. The molecule has 3 rings (SSSR count). The zero-order chi connectivity index (χ0) is 18.6. The Morgan fingerprint density at radius 2 is 2.08 bits per heavy atom. The van der Waals surface area contributed by atoms with E-state index in [9.17, 15) is 9.59 Å². The molecule has 2 fully saturated rings. The van der Waals surface area contributed by atoms with E-state index < -0.39 is 0 Å². The highest BCUT2D eigenvalue weighted by Gasteiger charge is 2.45. The fourth-order valence-electron chi connectivity index (χ4n) is 4.38. The van der Waals surface area contributed by atoms with Gasteiger partial charge in [0.2, 0.25) is 5.91 Å². The number of carbonyl (C=O) groups excluding carboxylic acids is 2. The summed E-state index contributed by atoms with van der Waals surface area (Å²) in [5.41, 5.74) is 1.78. The molecule has 2 heterocycles. The van der Waals surface area contributed by atoms with Crippen molar-refractivity contribution in [2.75, 3.05) is 25.0 Å². The first-order chi connectivity index (χ1) is 12.6. The van der Waals surface area contributed by atoms with Gasteiger partial charge in [0, 0.05) is 31.7 Å². The topological polar surface area (TPSA) is 52.7 Å². The molecular weight excluding hydrogens is 326 g/mol. The van der Waals surface area contributed by atoms with Crippen molar-refractivity contribution in [1.29, 1.82) is 0 Å². The van der Waals surface area contributed by atoms with Crippen LogP contribution in [-0.2, 0) is 11.2 Å². The number of para-hydroxylation sites is 1. The number of piperidine rings is 2. The lowest BCUT2D eigenvalue weighted by Gasteiger charge is -2.51. The Bertz CT molecular complexity index is 684. The van der Waals surface area contributed by atoms with Crippen molar-refractivity contribution in [2.24, 2.45) is 0 Å². The molecule has 1 atom stereocenters. The number of nitrogens with one attached hydrogen (secondary N) is 1. The molecule has 2 saturated heterocycles. The van der Waals surface area contributed by atoms with Gasteiger partial charge < -0.3 is 15.1 Å². The Hall–Kier alpha value is -2.30. The third-order valence-electron chi connectivity index (χ3n) is 5.70. The summed E-state index contributed by atoms with van der Waals surface area (Å²) < 4.78 is 0. The van der Waals surface area contributed by atoms with Crippen LogP contribution in [0.2, 0.25) is 0 Å². The second-order valence-electron chi connectivity index (χ2n) is 7.34. The average molecular weight is 355 g/mol. The molecule has 1 spiro atoms. The van der Waals surface area contributed by atoms with Crippen LogP contribution in [-0.4, -0.2) is 46.9 Å². The van der Waals surface area contributed by atoms with E-state index in [4.69, 9.17) is 0 Å². The van der Waals surface area contributed by atoms with Crippen molar-refractivity contribution in [3.63, 3.8) is 0 Å². The summed E-state index contributed by atoms with van der Waals surface area (Å²) in [6.07, 6.45) is 7.02. The summed E-state index contributed by atoms with van der Waals surface area (Å²) >= 11 is 0. The number of carbonyl (C=O) groups is 2. The fourth-order valence-corrected chi connectivity index (χ4v) is 4.38. The summed E-state index contributed by atoms with van der Waals surface area (Å²) in [6, 6.07) is 7.86. The van der Waals surface area contributed by atoms with Crippen molar-refractivity contribution in [2.45, 2.75) is 51.0 Å². The third-order valence-corrected chi connectivity index (χ3v) is 5.70. The van der Waals surface area contributed by atoms with Crippen molar-refractivity contribution >= 4 is 17.6 Å². The van der Waals surface area contributed by atoms with Crippen molar-refractivity contribution in [1.82, 2.24) is 9.80 Å². The van der Waals surface area contributed by atoms with E-state index in [1.165, 1.54) is 0 Å². The Balaban J connectivity index is 1.75. The van der Waals surface area contributed by atoms with Crippen molar-refractivity contribution in [3.05, 3.63) is 42.5 Å². The molecule has 0 aliphatic carbocycles. The van der Waals surface area contributed by atoms with E-state index in [2.05, 4.69) is 18.8 Å². The molecule has 5 nitrogen and oxygen atoms in total. The van der Waals surface area contributed by atoms with E-state index in [0.29, 0.717) is 19.5 Å². The van der Waals surface area contributed by atoms with Gasteiger partial charge in [0.25, 0.3) is 0 Å². The highest BCUT2D eigenvalue weighted by molar-refractivity contribution is 5.90. The highest BCUT2D eigenvalue weighted by atomic mass is 16.2. The molecule has 0 radical (unpaired) electrons. The Labute approximate surface area is 156 Å². The first-order valence-corrected chi connectivity index (χ1v) is 9.65. The van der Waals surface area contributed by atoms with Crippen molar-refractivity contribution in [3.8, 4) is 0 Å². The number of aryl methyl sites for hydroxylation is 1. The monoisotopic (exact) mass is 355 g/mol. The molecule has 26 heavy (non-hydrogen) atoms. The SMILES string of the molecule is C=CCN1C(=O)CCC[C@@]12CCCN(C(=O)Nc1ccccc1CC)C2. The molecule has 5 heteroatoms. The lowest BCUT2D eigenvalue weighted by Crippen LogP contribution is -2.63. The fraction of sp³-hybridized carbons (Fsp3) is 0.524.